The van der Waals surface area contributed by atoms with Gasteiger partial charge in [-0.05, 0) is 42.4 Å². The first-order valence-electron chi connectivity index (χ1n) is 10.8. The molecule has 1 amide bonds. The number of benzene rings is 2. The van der Waals surface area contributed by atoms with Gasteiger partial charge in [-0.3, -0.25) is 4.79 Å². The number of para-hydroxylation sites is 1. The van der Waals surface area contributed by atoms with Crippen LogP contribution in [0.25, 0.3) is 10.2 Å². The van der Waals surface area contributed by atoms with Gasteiger partial charge in [0.2, 0.25) is 5.91 Å². The molecule has 1 N–H and O–H groups in total. The van der Waals surface area contributed by atoms with Crippen LogP contribution in [0.15, 0.2) is 42.5 Å². The van der Waals surface area contributed by atoms with Crippen molar-refractivity contribution in [3.05, 3.63) is 42.5 Å². The van der Waals surface area contributed by atoms with Crippen molar-refractivity contribution in [2.24, 2.45) is 11.3 Å². The molecule has 5 nitrogen and oxygen atoms in total. The minimum absolute atomic E-state index is 0.114. The average Bonchev–Trinajstić information content (AvgIpc) is 3.09. The summed E-state index contributed by atoms with van der Waals surface area (Å²) in [5, 5.41) is 3.81. The maximum Gasteiger partial charge on any atom is 0.221 e. The van der Waals surface area contributed by atoms with Gasteiger partial charge < -0.3 is 15.0 Å². The molecule has 0 aliphatic carbocycles. The van der Waals surface area contributed by atoms with Gasteiger partial charge in [0.25, 0.3) is 0 Å². The Morgan fingerprint density at radius 2 is 1.94 bits per heavy atom. The van der Waals surface area contributed by atoms with Gasteiger partial charge in [0.1, 0.15) is 5.75 Å². The topological polar surface area (TPSA) is 54.5 Å². The number of nitrogens with one attached hydrogen (secondary N) is 1. The van der Waals surface area contributed by atoms with E-state index in [9.17, 15) is 4.79 Å². The van der Waals surface area contributed by atoms with Crippen molar-refractivity contribution in [3.63, 3.8) is 0 Å². The molecule has 166 valence electrons. The fourth-order valence-corrected chi connectivity index (χ4v) is 4.74. The normalized spacial score (nSPS) is 12.6. The summed E-state index contributed by atoms with van der Waals surface area (Å²) in [4.78, 5) is 18.6. The molecule has 0 radical (unpaired) electrons. The van der Waals surface area contributed by atoms with Gasteiger partial charge in [-0.1, -0.05) is 57.2 Å². The van der Waals surface area contributed by atoms with Crippen molar-refractivity contribution in [2.75, 3.05) is 23.9 Å². The molecule has 1 heterocycles. The highest BCUT2D eigenvalue weighted by atomic mass is 32.1. The van der Waals surface area contributed by atoms with Crippen molar-refractivity contribution in [1.82, 2.24) is 4.98 Å². The Hall–Kier alpha value is -2.60. The molecule has 6 heteroatoms. The number of nitrogens with zero attached hydrogens (tertiary/aromatic N) is 2. The molecular formula is C25H33N3O2S. The van der Waals surface area contributed by atoms with E-state index in [1.165, 1.54) is 6.92 Å². The average molecular weight is 440 g/mol. The van der Waals surface area contributed by atoms with Gasteiger partial charge in [-0.25, -0.2) is 4.98 Å². The van der Waals surface area contributed by atoms with E-state index in [0.717, 1.165) is 33.9 Å². The second-order valence-corrected chi connectivity index (χ2v) is 10.4. The fraction of sp³-hybridized carbons (Fsp3) is 0.440. The molecule has 2 aromatic carbocycles. The molecule has 0 bridgehead atoms. The third kappa shape index (κ3) is 6.44. The van der Waals surface area contributed by atoms with Crippen LogP contribution in [-0.4, -0.2) is 24.5 Å². The van der Waals surface area contributed by atoms with E-state index in [1.54, 1.807) is 11.3 Å². The van der Waals surface area contributed by atoms with E-state index in [0.29, 0.717) is 29.4 Å². The van der Waals surface area contributed by atoms with E-state index >= 15 is 0 Å². The Bertz CT molecular complexity index is 1020. The number of rotatable bonds is 8. The predicted octanol–water partition coefficient (Wildman–Crippen LogP) is 6.86. The number of aromatic nitrogens is 1. The standard InChI is InChI=1S/C25H33N3O2S/c1-17(16-25(3,4)5)12-13-30-22-14-21-23(15-20(22)26-18(2)29)31-24(27-21)28(6)19-10-8-7-9-11-19/h7-11,14-15,17H,12-13,16H2,1-6H3,(H,26,29). The summed E-state index contributed by atoms with van der Waals surface area (Å²) in [6.45, 7) is 11.2. The number of hydrogen-bond acceptors (Lipinski definition) is 5. The van der Waals surface area contributed by atoms with Crippen molar-refractivity contribution in [3.8, 4) is 5.75 Å². The number of ether oxygens (including phenoxy) is 1. The first kappa shape index (κ1) is 23.1. The Morgan fingerprint density at radius 1 is 1.23 bits per heavy atom. The third-order valence-electron chi connectivity index (χ3n) is 5.05. The number of amides is 1. The summed E-state index contributed by atoms with van der Waals surface area (Å²) in [6.07, 6.45) is 2.11. The molecule has 3 rings (SSSR count). The second kappa shape index (κ2) is 9.69. The summed E-state index contributed by atoms with van der Waals surface area (Å²) in [5.74, 6) is 1.12. The summed E-state index contributed by atoms with van der Waals surface area (Å²) < 4.78 is 7.13. The minimum Gasteiger partial charge on any atom is -0.491 e. The molecule has 0 aliphatic heterocycles. The molecular weight excluding hydrogens is 406 g/mol. The minimum atomic E-state index is -0.114. The van der Waals surface area contributed by atoms with Crippen LogP contribution >= 0.6 is 11.3 Å². The third-order valence-corrected chi connectivity index (χ3v) is 6.14. The molecule has 0 saturated carbocycles. The first-order chi connectivity index (χ1) is 14.6. The fourth-order valence-electron chi connectivity index (χ4n) is 3.77. The van der Waals surface area contributed by atoms with Crippen LogP contribution < -0.4 is 15.0 Å². The molecule has 1 aromatic heterocycles. The molecule has 1 unspecified atom stereocenters. The number of hydrogen-bond donors (Lipinski definition) is 1. The molecule has 0 fully saturated rings. The van der Waals surface area contributed by atoms with Crippen molar-refractivity contribution < 1.29 is 9.53 Å². The lowest BCUT2D eigenvalue weighted by molar-refractivity contribution is -0.114. The van der Waals surface area contributed by atoms with Crippen LogP contribution in [0, 0.1) is 11.3 Å². The van der Waals surface area contributed by atoms with Crippen molar-refractivity contribution in [2.45, 2.75) is 47.5 Å². The molecule has 0 saturated heterocycles. The number of fused-ring (bicyclic) bond motifs is 1. The predicted molar refractivity (Wildman–Crippen MR) is 132 cm³/mol. The lowest BCUT2D eigenvalue weighted by atomic mass is 9.84. The lowest BCUT2D eigenvalue weighted by Gasteiger charge is -2.23. The van der Waals surface area contributed by atoms with Crippen LogP contribution in [0.5, 0.6) is 5.75 Å². The summed E-state index contributed by atoms with van der Waals surface area (Å²) >= 11 is 1.59. The number of thiazole rings is 1. The van der Waals surface area contributed by atoms with Crippen LogP contribution in [0.3, 0.4) is 0 Å². The molecule has 3 aromatic rings. The first-order valence-corrected chi connectivity index (χ1v) is 11.6. The zero-order valence-corrected chi connectivity index (χ0v) is 20.2. The maximum atomic E-state index is 11.8. The zero-order chi connectivity index (χ0) is 22.6. The zero-order valence-electron chi connectivity index (χ0n) is 19.4. The van der Waals surface area contributed by atoms with E-state index in [4.69, 9.17) is 9.72 Å². The van der Waals surface area contributed by atoms with Gasteiger partial charge in [0.15, 0.2) is 5.13 Å². The van der Waals surface area contributed by atoms with Crippen molar-refractivity contribution >= 4 is 44.0 Å². The molecule has 31 heavy (non-hydrogen) atoms. The molecule has 0 spiro atoms. The van der Waals surface area contributed by atoms with Crippen molar-refractivity contribution in [1.29, 1.82) is 0 Å². The van der Waals surface area contributed by atoms with Gasteiger partial charge in [-0.15, -0.1) is 0 Å². The summed E-state index contributed by atoms with van der Waals surface area (Å²) in [6, 6.07) is 14.0. The Balaban J connectivity index is 1.81. The monoisotopic (exact) mass is 439 g/mol. The van der Waals surface area contributed by atoms with Gasteiger partial charge in [-0.2, -0.15) is 0 Å². The Labute approximate surface area is 189 Å². The largest absolute Gasteiger partial charge is 0.491 e. The Morgan fingerprint density at radius 3 is 2.58 bits per heavy atom. The van der Waals surface area contributed by atoms with Gasteiger partial charge in [0.05, 0.1) is 22.5 Å². The lowest BCUT2D eigenvalue weighted by Crippen LogP contribution is -2.14. The van der Waals surface area contributed by atoms with E-state index < -0.39 is 0 Å². The van der Waals surface area contributed by atoms with Crippen LogP contribution in [-0.2, 0) is 4.79 Å². The van der Waals surface area contributed by atoms with Gasteiger partial charge >= 0.3 is 0 Å². The SMILES string of the molecule is CC(=O)Nc1cc2sc(N(C)c3ccccc3)nc2cc1OCCC(C)CC(C)(C)C. The van der Waals surface area contributed by atoms with Crippen LogP contribution in [0.2, 0.25) is 0 Å². The highest BCUT2D eigenvalue weighted by Crippen LogP contribution is 2.38. The number of anilines is 3. The summed E-state index contributed by atoms with van der Waals surface area (Å²) in [5.41, 5.74) is 2.95. The number of carbonyl (C=O) groups is 1. The van der Waals surface area contributed by atoms with E-state index in [-0.39, 0.29) is 5.91 Å². The second-order valence-electron chi connectivity index (χ2n) is 9.40. The molecule has 1 atom stereocenters. The summed E-state index contributed by atoms with van der Waals surface area (Å²) in [7, 11) is 2.01. The van der Waals surface area contributed by atoms with Crippen LogP contribution in [0.4, 0.5) is 16.5 Å². The Kier molecular flexibility index (Phi) is 7.21. The van der Waals surface area contributed by atoms with E-state index in [2.05, 4.69) is 50.0 Å². The van der Waals surface area contributed by atoms with Crippen LogP contribution in [0.1, 0.15) is 47.5 Å². The number of carbonyl (C=O) groups excluding carboxylic acids is 1. The molecule has 0 aliphatic rings. The maximum absolute atomic E-state index is 11.8. The highest BCUT2D eigenvalue weighted by Gasteiger charge is 2.17. The van der Waals surface area contributed by atoms with Gasteiger partial charge in [0, 0.05) is 25.7 Å². The highest BCUT2D eigenvalue weighted by molar-refractivity contribution is 7.22. The quantitative estimate of drug-likeness (QED) is 0.416. The van der Waals surface area contributed by atoms with E-state index in [1.807, 2.05) is 37.4 Å². The smallest absolute Gasteiger partial charge is 0.221 e.